The molecule has 0 aliphatic carbocycles. The monoisotopic (exact) mass is 294 g/mol. The van der Waals surface area contributed by atoms with E-state index in [1.165, 1.54) is 24.4 Å². The van der Waals surface area contributed by atoms with Crippen LogP contribution in [-0.4, -0.2) is 24.1 Å². The Morgan fingerprint density at radius 2 is 2.00 bits per heavy atom. The van der Waals surface area contributed by atoms with Crippen molar-refractivity contribution in [2.45, 2.75) is 11.8 Å². The van der Waals surface area contributed by atoms with Gasteiger partial charge in [0.2, 0.25) is 0 Å². The highest BCUT2D eigenvalue weighted by Crippen LogP contribution is 2.21. The van der Waals surface area contributed by atoms with Gasteiger partial charge in [0, 0.05) is 19.4 Å². The molecule has 2 rings (SSSR count). The smallest absolute Gasteiger partial charge is 0.335 e. The molecule has 0 spiro atoms. The van der Waals surface area contributed by atoms with Gasteiger partial charge in [0.1, 0.15) is 4.90 Å². The summed E-state index contributed by atoms with van der Waals surface area (Å²) in [5.74, 6) is -1.11. The van der Waals surface area contributed by atoms with Crippen LogP contribution in [0.25, 0.3) is 0 Å². The Hall–Kier alpha value is -2.28. The Morgan fingerprint density at radius 1 is 1.30 bits per heavy atom. The van der Waals surface area contributed by atoms with Gasteiger partial charge in [-0.25, -0.2) is 13.2 Å². The van der Waals surface area contributed by atoms with Gasteiger partial charge < -0.3 is 9.67 Å². The van der Waals surface area contributed by atoms with E-state index < -0.39 is 16.0 Å². The molecule has 0 aliphatic heterocycles. The van der Waals surface area contributed by atoms with Crippen LogP contribution < -0.4 is 4.72 Å². The van der Waals surface area contributed by atoms with E-state index in [0.29, 0.717) is 5.56 Å². The highest BCUT2D eigenvalue weighted by Gasteiger charge is 2.17. The lowest BCUT2D eigenvalue weighted by Gasteiger charge is -2.10. The van der Waals surface area contributed by atoms with E-state index in [4.69, 9.17) is 5.11 Å². The van der Waals surface area contributed by atoms with E-state index in [0.717, 1.165) is 0 Å². The zero-order chi connectivity index (χ0) is 14.9. The maximum Gasteiger partial charge on any atom is 0.335 e. The number of aromatic carboxylic acids is 1. The molecule has 0 aliphatic rings. The highest BCUT2D eigenvalue weighted by molar-refractivity contribution is 7.92. The lowest BCUT2D eigenvalue weighted by atomic mass is 10.1. The molecule has 20 heavy (non-hydrogen) atoms. The van der Waals surface area contributed by atoms with Crippen LogP contribution in [0.5, 0.6) is 0 Å². The summed E-state index contributed by atoms with van der Waals surface area (Å²) >= 11 is 0. The normalized spacial score (nSPS) is 11.3. The quantitative estimate of drug-likeness (QED) is 0.900. The molecule has 0 bridgehead atoms. The second-order valence-corrected chi connectivity index (χ2v) is 6.14. The predicted molar refractivity (Wildman–Crippen MR) is 74.4 cm³/mol. The first-order valence-electron chi connectivity index (χ1n) is 5.78. The van der Waals surface area contributed by atoms with Gasteiger partial charge >= 0.3 is 5.97 Å². The van der Waals surface area contributed by atoms with E-state index in [1.807, 2.05) is 0 Å². The summed E-state index contributed by atoms with van der Waals surface area (Å²) in [6.07, 6.45) is 3.09. The molecule has 6 nitrogen and oxygen atoms in total. The van der Waals surface area contributed by atoms with Crippen molar-refractivity contribution in [1.82, 2.24) is 4.57 Å². The van der Waals surface area contributed by atoms with Gasteiger partial charge in [0.15, 0.2) is 0 Å². The summed E-state index contributed by atoms with van der Waals surface area (Å²) in [6.45, 7) is 1.70. The number of carboxylic acid groups (broad SMARTS) is 1. The molecule has 0 unspecified atom stereocenters. The first-order chi connectivity index (χ1) is 9.29. The Labute approximate surface area is 116 Å². The van der Waals surface area contributed by atoms with Crippen molar-refractivity contribution in [3.05, 3.63) is 47.8 Å². The minimum Gasteiger partial charge on any atom is -0.478 e. The van der Waals surface area contributed by atoms with Crippen molar-refractivity contribution < 1.29 is 18.3 Å². The van der Waals surface area contributed by atoms with Gasteiger partial charge in [-0.2, -0.15) is 0 Å². The SMILES string of the molecule is Cc1ccc(C(=O)O)cc1NS(=O)(=O)c1ccn(C)c1. The molecule has 106 valence electrons. The maximum absolute atomic E-state index is 12.2. The number of carbonyl (C=O) groups is 1. The number of hydrogen-bond donors (Lipinski definition) is 2. The lowest BCUT2D eigenvalue weighted by molar-refractivity contribution is 0.0697. The van der Waals surface area contributed by atoms with Gasteiger partial charge in [0.25, 0.3) is 10.0 Å². The summed E-state index contributed by atoms with van der Waals surface area (Å²) in [5, 5.41) is 8.94. The van der Waals surface area contributed by atoms with E-state index in [1.54, 1.807) is 30.8 Å². The van der Waals surface area contributed by atoms with Crippen LogP contribution in [0.4, 0.5) is 5.69 Å². The van der Waals surface area contributed by atoms with E-state index in [2.05, 4.69) is 4.72 Å². The molecule has 2 N–H and O–H groups in total. The molecule has 0 radical (unpaired) electrons. The topological polar surface area (TPSA) is 88.4 Å². The summed E-state index contributed by atoms with van der Waals surface area (Å²) in [4.78, 5) is 11.0. The van der Waals surface area contributed by atoms with E-state index >= 15 is 0 Å². The molecular formula is C13H14N2O4S. The van der Waals surface area contributed by atoms with Crippen LogP contribution in [0.1, 0.15) is 15.9 Å². The average molecular weight is 294 g/mol. The van der Waals surface area contributed by atoms with Crippen LogP contribution in [0, 0.1) is 6.92 Å². The van der Waals surface area contributed by atoms with Gasteiger partial charge in [-0.15, -0.1) is 0 Å². The Bertz CT molecular complexity index is 762. The molecule has 1 heterocycles. The number of nitrogens with zero attached hydrogens (tertiary/aromatic N) is 1. The fourth-order valence-electron chi connectivity index (χ4n) is 1.71. The van der Waals surface area contributed by atoms with Crippen LogP contribution in [-0.2, 0) is 17.1 Å². The van der Waals surface area contributed by atoms with Gasteiger partial charge in [-0.1, -0.05) is 6.07 Å². The summed E-state index contributed by atoms with van der Waals surface area (Å²) in [7, 11) is -2.00. The molecule has 1 aromatic heterocycles. The van der Waals surface area contributed by atoms with Gasteiger partial charge in [-0.05, 0) is 30.7 Å². The summed E-state index contributed by atoms with van der Waals surface area (Å²) in [5.41, 5.74) is 0.935. The minimum absolute atomic E-state index is 0.0290. The standard InChI is InChI=1S/C13H14N2O4S/c1-9-3-4-10(13(16)17)7-12(9)14-20(18,19)11-5-6-15(2)8-11/h3-8,14H,1-2H3,(H,16,17). The number of anilines is 1. The maximum atomic E-state index is 12.2. The molecule has 0 saturated heterocycles. The lowest BCUT2D eigenvalue weighted by Crippen LogP contribution is -2.13. The third-order valence-electron chi connectivity index (χ3n) is 2.84. The summed E-state index contributed by atoms with van der Waals surface area (Å²) < 4.78 is 28.4. The average Bonchev–Trinajstić information content (AvgIpc) is 2.79. The van der Waals surface area contributed by atoms with Crippen LogP contribution in [0.3, 0.4) is 0 Å². The van der Waals surface area contributed by atoms with Crippen LogP contribution in [0.2, 0.25) is 0 Å². The Morgan fingerprint density at radius 3 is 2.55 bits per heavy atom. The predicted octanol–water partition coefficient (Wildman–Crippen LogP) is 1.83. The zero-order valence-electron chi connectivity index (χ0n) is 11.0. The van der Waals surface area contributed by atoms with Crippen molar-refractivity contribution in [2.24, 2.45) is 7.05 Å². The zero-order valence-corrected chi connectivity index (χ0v) is 11.8. The number of aromatic nitrogens is 1. The summed E-state index contributed by atoms with van der Waals surface area (Å²) in [6, 6.07) is 5.77. The molecule has 2 aromatic rings. The number of carboxylic acids is 1. The van der Waals surface area contributed by atoms with Crippen molar-refractivity contribution in [3.8, 4) is 0 Å². The van der Waals surface area contributed by atoms with Crippen molar-refractivity contribution in [1.29, 1.82) is 0 Å². The number of benzene rings is 1. The molecule has 0 atom stereocenters. The van der Waals surface area contributed by atoms with Crippen molar-refractivity contribution >= 4 is 21.7 Å². The second kappa shape index (κ2) is 5.01. The number of sulfonamides is 1. The number of hydrogen-bond acceptors (Lipinski definition) is 3. The van der Waals surface area contributed by atoms with Crippen molar-refractivity contribution in [2.75, 3.05) is 4.72 Å². The first kappa shape index (κ1) is 14.1. The Balaban J connectivity index is 2.39. The second-order valence-electron chi connectivity index (χ2n) is 4.45. The number of nitrogens with one attached hydrogen (secondary N) is 1. The van der Waals surface area contributed by atoms with E-state index in [-0.39, 0.29) is 16.1 Å². The highest BCUT2D eigenvalue weighted by atomic mass is 32.2. The van der Waals surface area contributed by atoms with Crippen molar-refractivity contribution in [3.63, 3.8) is 0 Å². The third-order valence-corrected chi connectivity index (χ3v) is 4.19. The molecule has 0 fully saturated rings. The molecular weight excluding hydrogens is 280 g/mol. The third kappa shape index (κ3) is 2.83. The molecule has 1 aromatic carbocycles. The molecule has 7 heteroatoms. The van der Waals surface area contributed by atoms with Crippen LogP contribution in [0.15, 0.2) is 41.6 Å². The fraction of sp³-hybridized carbons (Fsp3) is 0.154. The Kier molecular flexibility index (Phi) is 3.54. The molecule has 0 amide bonds. The minimum atomic E-state index is -3.72. The fourth-order valence-corrected chi connectivity index (χ4v) is 2.88. The molecule has 0 saturated carbocycles. The first-order valence-corrected chi connectivity index (χ1v) is 7.26. The van der Waals surface area contributed by atoms with Crippen LogP contribution >= 0.6 is 0 Å². The number of aryl methyl sites for hydroxylation is 2. The number of rotatable bonds is 4. The van der Waals surface area contributed by atoms with E-state index in [9.17, 15) is 13.2 Å². The van der Waals surface area contributed by atoms with Gasteiger partial charge in [-0.3, -0.25) is 4.72 Å². The largest absolute Gasteiger partial charge is 0.478 e. The van der Waals surface area contributed by atoms with Gasteiger partial charge in [0.05, 0.1) is 11.3 Å².